The number of aliphatic carboxylic acids is 2. The van der Waals surface area contributed by atoms with E-state index in [0.717, 1.165) is 25.7 Å². The second kappa shape index (κ2) is 46.4. The summed E-state index contributed by atoms with van der Waals surface area (Å²) in [5.74, 6) is -1.65. The van der Waals surface area contributed by atoms with Crippen molar-refractivity contribution in [2.45, 2.75) is 205 Å². The molecule has 0 aromatic heterocycles. The Hall–Kier alpha value is -0.591. The molecule has 5 nitrogen and oxygen atoms in total. The number of carboxylic acid groups (broad SMARTS) is 2. The molecule has 0 unspecified atom stereocenters. The Morgan fingerprint density at radius 1 is 0.415 bits per heavy atom. The van der Waals surface area contributed by atoms with E-state index in [9.17, 15) is 24.6 Å². The molecular formula is C35H70O5Sn. The number of unbranched alkanes of at least 4 members (excludes halogenated alkanes) is 18. The first-order chi connectivity index (χ1) is 19.7. The first-order valence-electron chi connectivity index (χ1n) is 17.3. The zero-order valence-corrected chi connectivity index (χ0v) is 31.3. The van der Waals surface area contributed by atoms with Crippen molar-refractivity contribution in [2.75, 3.05) is 0 Å². The van der Waals surface area contributed by atoms with Gasteiger partial charge in [0.05, 0.1) is 0 Å². The van der Waals surface area contributed by atoms with Gasteiger partial charge in [0.15, 0.2) is 0 Å². The van der Waals surface area contributed by atoms with Crippen molar-refractivity contribution in [2.24, 2.45) is 0 Å². The number of hydrogen-bond acceptors (Lipinski definition) is 5. The van der Waals surface area contributed by atoms with E-state index in [2.05, 4.69) is 27.7 Å². The van der Waals surface area contributed by atoms with E-state index in [-0.39, 0.29) is 39.8 Å². The maximum atomic E-state index is 10.1. The molecule has 0 saturated carbocycles. The summed E-state index contributed by atoms with van der Waals surface area (Å²) in [6.45, 7) is 12.1. The van der Waals surface area contributed by atoms with Crippen molar-refractivity contribution in [3.63, 3.8) is 0 Å². The average Bonchev–Trinajstić information content (AvgIpc) is 2.91. The van der Waals surface area contributed by atoms with Gasteiger partial charge in [0.25, 0.3) is 0 Å². The van der Waals surface area contributed by atoms with Gasteiger partial charge in [-0.05, 0) is 39.5 Å². The second-order valence-corrected chi connectivity index (χ2v) is 15.5. The molecule has 0 radical (unpaired) electrons. The van der Waals surface area contributed by atoms with Gasteiger partial charge in [0.2, 0.25) is 0 Å². The Kier molecular flexibility index (Phi) is 53.5. The molecule has 41 heavy (non-hydrogen) atoms. The molecule has 0 aliphatic rings. The van der Waals surface area contributed by atoms with Gasteiger partial charge in [-0.3, -0.25) is 0 Å². The first-order valence-corrected chi connectivity index (χ1v) is 21.3. The third kappa shape index (κ3) is 73.4. The fourth-order valence-electron chi connectivity index (χ4n) is 3.89. The number of carbonyl (C=O) groups excluding carboxylic acids is 3. The van der Waals surface area contributed by atoms with Crippen LogP contribution < -0.4 is 10.2 Å². The quantitative estimate of drug-likeness (QED) is 0.0667. The van der Waals surface area contributed by atoms with Crippen LogP contribution in [0.15, 0.2) is 0 Å². The molecule has 0 rings (SSSR count). The minimum absolute atomic E-state index is 0.149. The Morgan fingerprint density at radius 3 is 0.854 bits per heavy atom. The van der Waals surface area contributed by atoms with Crippen LogP contribution in [-0.2, 0) is 14.4 Å². The maximum absolute atomic E-state index is 10.1. The molecule has 0 amide bonds. The number of rotatable bonds is 26. The van der Waals surface area contributed by atoms with Crippen LogP contribution in [0, 0.1) is 0 Å². The Balaban J connectivity index is -0.000000239. The minimum atomic E-state index is -0.909. The summed E-state index contributed by atoms with van der Waals surface area (Å²) < 4.78 is 3.25. The van der Waals surface area contributed by atoms with Gasteiger partial charge in [-0.1, -0.05) is 117 Å². The predicted octanol–water partition coefficient (Wildman–Crippen LogP) is 9.04. The van der Waals surface area contributed by atoms with Crippen molar-refractivity contribution >= 4 is 38.9 Å². The van der Waals surface area contributed by atoms with Crippen LogP contribution in [0.3, 0.4) is 0 Å². The van der Waals surface area contributed by atoms with E-state index < -0.39 is 11.9 Å². The Morgan fingerprint density at radius 2 is 0.634 bits per heavy atom. The standard InChI is InChI=1S/2C12H24O2.2C4H9.C3H6O.Sn/c2*1-2-3-4-5-6-7-8-9-10-11-12(13)14;2*1-3-4-2;1-3(2)4;/h2*2-11H2,1H3,(H,13,14);2*1,3-4H2,2H3;1-2H3;/q;;;;;+2/p-2. The van der Waals surface area contributed by atoms with Crippen molar-refractivity contribution in [1.82, 2.24) is 0 Å². The van der Waals surface area contributed by atoms with Gasteiger partial charge in [0.1, 0.15) is 5.78 Å². The normalized spacial score (nSPS) is 9.71. The molecule has 0 aliphatic carbocycles. The molecule has 0 spiro atoms. The van der Waals surface area contributed by atoms with Crippen LogP contribution in [0.4, 0.5) is 0 Å². The van der Waals surface area contributed by atoms with Gasteiger partial charge in [0, 0.05) is 11.9 Å². The molecule has 0 bridgehead atoms. The summed E-state index contributed by atoms with van der Waals surface area (Å²) in [7, 11) is 0. The molecule has 0 atom stereocenters. The van der Waals surface area contributed by atoms with Gasteiger partial charge in [-0.15, -0.1) is 0 Å². The van der Waals surface area contributed by atoms with Crippen LogP contribution >= 0.6 is 0 Å². The van der Waals surface area contributed by atoms with Crippen molar-refractivity contribution in [3.05, 3.63) is 0 Å². The molecule has 6 heteroatoms. The molecule has 0 saturated heterocycles. The molecule has 0 aromatic carbocycles. The van der Waals surface area contributed by atoms with Crippen LogP contribution in [0.2, 0.25) is 8.87 Å². The third-order valence-electron chi connectivity index (χ3n) is 6.38. The van der Waals surface area contributed by atoms with Crippen LogP contribution in [0.5, 0.6) is 0 Å². The van der Waals surface area contributed by atoms with Gasteiger partial charge in [-0.25, -0.2) is 0 Å². The zero-order valence-electron chi connectivity index (χ0n) is 28.4. The number of carbonyl (C=O) groups is 3. The third-order valence-corrected chi connectivity index (χ3v) is 10.4. The van der Waals surface area contributed by atoms with Crippen molar-refractivity contribution < 1.29 is 24.6 Å². The van der Waals surface area contributed by atoms with E-state index in [4.69, 9.17) is 0 Å². The molecule has 0 fully saturated rings. The van der Waals surface area contributed by atoms with Crippen LogP contribution in [0.1, 0.15) is 196 Å². The average molecular weight is 690 g/mol. The summed E-state index contributed by atoms with van der Waals surface area (Å²) in [6.07, 6.45) is 28.2. The van der Waals surface area contributed by atoms with Gasteiger partial charge in [-0.2, -0.15) is 0 Å². The molecule has 0 aliphatic heterocycles. The summed E-state index contributed by atoms with van der Waals surface area (Å²) >= 11 is 0.149. The second-order valence-electron chi connectivity index (χ2n) is 11.3. The van der Waals surface area contributed by atoms with E-state index >= 15 is 0 Å². The SMILES string of the molecule is CC(C)=O.CCCCCCCCCCCC(=O)[O-].CCCCCCCCCCCC(=O)[O-].CCC[CH2][Sn+2][CH2]CCC. The Bertz CT molecular complexity index is 469. The number of carboxylic acids is 2. The summed E-state index contributed by atoms with van der Waals surface area (Å²) in [6, 6.07) is 0. The summed E-state index contributed by atoms with van der Waals surface area (Å²) in [5, 5.41) is 20.2. The van der Waals surface area contributed by atoms with Crippen molar-refractivity contribution in [1.29, 1.82) is 0 Å². The number of ketones is 1. The molecule has 244 valence electrons. The molecule has 0 aromatic rings. The van der Waals surface area contributed by atoms with E-state index in [1.807, 2.05) is 0 Å². The fraction of sp³-hybridized carbons (Fsp3) is 0.914. The molecule has 0 heterocycles. The van der Waals surface area contributed by atoms with Crippen LogP contribution in [0.25, 0.3) is 0 Å². The summed E-state index contributed by atoms with van der Waals surface area (Å²) in [4.78, 5) is 29.6. The van der Waals surface area contributed by atoms with Crippen LogP contribution in [-0.4, -0.2) is 38.9 Å². The van der Waals surface area contributed by atoms with Gasteiger partial charge < -0.3 is 24.6 Å². The predicted molar refractivity (Wildman–Crippen MR) is 175 cm³/mol. The molecular weight excluding hydrogens is 619 g/mol. The first kappa shape index (κ1) is 47.3. The van der Waals surface area contributed by atoms with Gasteiger partial charge >= 0.3 is 69.5 Å². The topological polar surface area (TPSA) is 97.3 Å². The number of Topliss-reactive ketones (excluding diaryl/α,β-unsaturated/α-hetero) is 1. The van der Waals surface area contributed by atoms with E-state index in [1.54, 1.807) is 8.87 Å². The van der Waals surface area contributed by atoms with E-state index in [0.29, 0.717) is 0 Å². The fourth-order valence-corrected chi connectivity index (χ4v) is 8.05. The zero-order chi connectivity index (χ0) is 31.8. The monoisotopic (exact) mass is 690 g/mol. The molecule has 0 N–H and O–H groups in total. The summed E-state index contributed by atoms with van der Waals surface area (Å²) in [5.41, 5.74) is 0. The van der Waals surface area contributed by atoms with E-state index in [1.165, 1.54) is 129 Å². The Labute approximate surface area is 267 Å². The number of hydrogen-bond donors (Lipinski definition) is 0. The van der Waals surface area contributed by atoms with Crippen molar-refractivity contribution in [3.8, 4) is 0 Å².